The average Bonchev–Trinajstić information content (AvgIpc) is 3.42. The number of aromatic amines is 1. The van der Waals surface area contributed by atoms with Crippen molar-refractivity contribution in [3.05, 3.63) is 30.1 Å². The zero-order chi connectivity index (χ0) is 18.8. The number of ether oxygens (including phenoxy) is 2. The SMILES string of the molecule is COc1cc2c(cc1OCCCN(C)C)[nH]c1ccnc(C#CC3CC3)c12. The number of fused-ring (bicyclic) bond motifs is 3. The van der Waals surface area contributed by atoms with Crippen LogP contribution in [0.25, 0.3) is 21.8 Å². The first kappa shape index (κ1) is 17.7. The van der Waals surface area contributed by atoms with E-state index in [1.807, 2.05) is 24.4 Å². The molecule has 0 bridgehead atoms. The highest BCUT2D eigenvalue weighted by atomic mass is 16.5. The maximum atomic E-state index is 5.98. The molecule has 27 heavy (non-hydrogen) atoms. The van der Waals surface area contributed by atoms with Crippen LogP contribution in [0.3, 0.4) is 0 Å². The van der Waals surface area contributed by atoms with Crippen LogP contribution in [-0.2, 0) is 0 Å². The third-order valence-corrected chi connectivity index (χ3v) is 4.77. The van der Waals surface area contributed by atoms with Crippen LogP contribution in [0.4, 0.5) is 0 Å². The minimum atomic E-state index is 0.545. The third kappa shape index (κ3) is 3.86. The van der Waals surface area contributed by atoms with Crippen molar-refractivity contribution in [2.75, 3.05) is 34.4 Å². The van der Waals surface area contributed by atoms with Gasteiger partial charge in [0.05, 0.1) is 24.8 Å². The van der Waals surface area contributed by atoms with E-state index in [0.29, 0.717) is 12.5 Å². The van der Waals surface area contributed by atoms with E-state index in [-0.39, 0.29) is 0 Å². The molecule has 1 aliphatic carbocycles. The molecule has 2 heterocycles. The summed E-state index contributed by atoms with van der Waals surface area (Å²) < 4.78 is 11.6. The molecule has 5 nitrogen and oxygen atoms in total. The number of hydrogen-bond donors (Lipinski definition) is 1. The molecule has 0 unspecified atom stereocenters. The van der Waals surface area contributed by atoms with E-state index in [9.17, 15) is 0 Å². The second-order valence-electron chi connectivity index (χ2n) is 7.30. The first-order valence-electron chi connectivity index (χ1n) is 9.43. The molecule has 5 heteroatoms. The van der Waals surface area contributed by atoms with Gasteiger partial charge in [0.25, 0.3) is 0 Å². The second-order valence-corrected chi connectivity index (χ2v) is 7.30. The van der Waals surface area contributed by atoms with Gasteiger partial charge in [0.2, 0.25) is 0 Å². The van der Waals surface area contributed by atoms with Crippen molar-refractivity contribution in [2.24, 2.45) is 5.92 Å². The topological polar surface area (TPSA) is 50.4 Å². The van der Waals surface area contributed by atoms with Crippen molar-refractivity contribution in [1.82, 2.24) is 14.9 Å². The van der Waals surface area contributed by atoms with Crippen LogP contribution in [0.5, 0.6) is 11.5 Å². The molecular weight excluding hydrogens is 338 g/mol. The predicted molar refractivity (Wildman–Crippen MR) is 108 cm³/mol. The molecule has 4 rings (SSSR count). The fraction of sp³-hybridized carbons (Fsp3) is 0.409. The predicted octanol–water partition coefficient (Wildman–Crippen LogP) is 3.82. The lowest BCUT2D eigenvalue weighted by molar-refractivity contribution is 0.268. The van der Waals surface area contributed by atoms with Crippen LogP contribution in [0.1, 0.15) is 25.0 Å². The Kier molecular flexibility index (Phi) is 4.91. The molecule has 0 radical (unpaired) electrons. The first-order chi connectivity index (χ1) is 13.2. The summed E-state index contributed by atoms with van der Waals surface area (Å²) in [7, 11) is 5.80. The summed E-state index contributed by atoms with van der Waals surface area (Å²) in [6.07, 6.45) is 5.19. The van der Waals surface area contributed by atoms with Crippen LogP contribution in [0.15, 0.2) is 24.4 Å². The number of aromatic nitrogens is 2. The lowest BCUT2D eigenvalue weighted by atomic mass is 10.1. The Bertz CT molecular complexity index is 1020. The fourth-order valence-corrected chi connectivity index (χ4v) is 3.18. The van der Waals surface area contributed by atoms with Crippen LogP contribution in [0.2, 0.25) is 0 Å². The molecule has 1 aromatic carbocycles. The Labute approximate surface area is 159 Å². The summed E-state index contributed by atoms with van der Waals surface area (Å²) in [6, 6.07) is 6.03. The molecular formula is C22H25N3O2. The van der Waals surface area contributed by atoms with E-state index < -0.39 is 0 Å². The third-order valence-electron chi connectivity index (χ3n) is 4.77. The van der Waals surface area contributed by atoms with E-state index in [4.69, 9.17) is 9.47 Å². The van der Waals surface area contributed by atoms with Crippen molar-refractivity contribution in [3.8, 4) is 23.3 Å². The summed E-state index contributed by atoms with van der Waals surface area (Å²) in [4.78, 5) is 10.1. The lowest BCUT2D eigenvalue weighted by Crippen LogP contribution is -2.15. The van der Waals surface area contributed by atoms with Crippen molar-refractivity contribution in [1.29, 1.82) is 0 Å². The second kappa shape index (κ2) is 7.50. The average molecular weight is 363 g/mol. The number of pyridine rings is 1. The Morgan fingerprint density at radius 3 is 2.81 bits per heavy atom. The maximum Gasteiger partial charge on any atom is 0.163 e. The molecule has 2 aromatic heterocycles. The number of H-pyrrole nitrogens is 1. The lowest BCUT2D eigenvalue weighted by Gasteiger charge is -2.13. The van der Waals surface area contributed by atoms with E-state index in [0.717, 1.165) is 52.0 Å². The maximum absolute atomic E-state index is 5.98. The summed E-state index contributed by atoms with van der Waals surface area (Å²) in [6.45, 7) is 1.64. The number of benzene rings is 1. The molecule has 0 aliphatic heterocycles. The van der Waals surface area contributed by atoms with Crippen molar-refractivity contribution < 1.29 is 9.47 Å². The molecule has 1 aliphatic rings. The van der Waals surface area contributed by atoms with Crippen LogP contribution in [0, 0.1) is 17.8 Å². The summed E-state index contributed by atoms with van der Waals surface area (Å²) >= 11 is 0. The molecule has 1 N–H and O–H groups in total. The van der Waals surface area contributed by atoms with Crippen molar-refractivity contribution in [2.45, 2.75) is 19.3 Å². The zero-order valence-corrected chi connectivity index (χ0v) is 16.1. The first-order valence-corrected chi connectivity index (χ1v) is 9.43. The van der Waals surface area contributed by atoms with Gasteiger partial charge in [0, 0.05) is 35.5 Å². The number of hydrogen-bond acceptors (Lipinski definition) is 4. The van der Waals surface area contributed by atoms with Gasteiger partial charge in [-0.05, 0) is 51.4 Å². The molecule has 0 saturated heterocycles. The van der Waals surface area contributed by atoms with Gasteiger partial charge < -0.3 is 19.4 Å². The highest BCUT2D eigenvalue weighted by molar-refractivity contribution is 6.10. The highest BCUT2D eigenvalue weighted by Gasteiger charge is 2.18. The minimum absolute atomic E-state index is 0.545. The smallest absolute Gasteiger partial charge is 0.163 e. The van der Waals surface area contributed by atoms with E-state index in [1.165, 1.54) is 12.8 Å². The van der Waals surface area contributed by atoms with Gasteiger partial charge in [-0.25, -0.2) is 4.98 Å². The number of nitrogens with zero attached hydrogens (tertiary/aromatic N) is 2. The molecule has 140 valence electrons. The van der Waals surface area contributed by atoms with Crippen LogP contribution in [-0.4, -0.2) is 49.2 Å². The van der Waals surface area contributed by atoms with E-state index in [2.05, 4.69) is 40.8 Å². The van der Waals surface area contributed by atoms with Gasteiger partial charge in [-0.2, -0.15) is 0 Å². The molecule has 1 saturated carbocycles. The Balaban J connectivity index is 1.71. The van der Waals surface area contributed by atoms with Gasteiger partial charge in [0.15, 0.2) is 11.5 Å². The highest BCUT2D eigenvalue weighted by Crippen LogP contribution is 2.37. The van der Waals surface area contributed by atoms with Gasteiger partial charge in [0.1, 0.15) is 5.69 Å². The Hall–Kier alpha value is -2.71. The number of nitrogens with one attached hydrogen (secondary N) is 1. The van der Waals surface area contributed by atoms with E-state index >= 15 is 0 Å². The van der Waals surface area contributed by atoms with Gasteiger partial charge in [-0.3, -0.25) is 0 Å². The molecule has 3 aromatic rings. The number of methoxy groups -OCH3 is 1. The summed E-state index contributed by atoms with van der Waals surface area (Å²) in [5.41, 5.74) is 2.87. The fourth-order valence-electron chi connectivity index (χ4n) is 3.18. The monoisotopic (exact) mass is 363 g/mol. The van der Waals surface area contributed by atoms with Gasteiger partial charge >= 0.3 is 0 Å². The van der Waals surface area contributed by atoms with Crippen molar-refractivity contribution in [3.63, 3.8) is 0 Å². The van der Waals surface area contributed by atoms with Crippen molar-refractivity contribution >= 4 is 21.8 Å². The largest absolute Gasteiger partial charge is 0.493 e. The minimum Gasteiger partial charge on any atom is -0.493 e. The molecule has 0 amide bonds. The quantitative estimate of drug-likeness (QED) is 0.534. The number of rotatable bonds is 6. The van der Waals surface area contributed by atoms with Crippen LogP contribution < -0.4 is 9.47 Å². The molecule has 1 fully saturated rings. The van der Waals surface area contributed by atoms with E-state index in [1.54, 1.807) is 7.11 Å². The summed E-state index contributed by atoms with van der Waals surface area (Å²) in [5, 5.41) is 2.12. The van der Waals surface area contributed by atoms with Gasteiger partial charge in [-0.1, -0.05) is 5.92 Å². The summed E-state index contributed by atoms with van der Waals surface area (Å²) in [5.74, 6) is 8.63. The van der Waals surface area contributed by atoms with Crippen LogP contribution >= 0.6 is 0 Å². The zero-order valence-electron chi connectivity index (χ0n) is 16.1. The normalized spacial score (nSPS) is 13.8. The molecule has 0 spiro atoms. The Morgan fingerprint density at radius 1 is 1.22 bits per heavy atom. The Morgan fingerprint density at radius 2 is 2.07 bits per heavy atom. The standard InChI is InChI=1S/C22H25N3O2/c1-25(2)11-4-12-27-21-14-19-16(13-20(21)26-3)22-17(8-7-15-5-6-15)23-10-9-18(22)24-19/h9-10,13-15,24H,4-6,11-12H2,1-3H3. The van der Waals surface area contributed by atoms with Gasteiger partial charge in [-0.15, -0.1) is 0 Å². The molecule has 0 atom stereocenters.